The predicted octanol–water partition coefficient (Wildman–Crippen LogP) is 1.22. The second-order valence-electron chi connectivity index (χ2n) is 3.07. The number of hydrogen-bond acceptors (Lipinski definition) is 4. The van der Waals surface area contributed by atoms with Gasteiger partial charge in [-0.15, -0.1) is 0 Å². The van der Waals surface area contributed by atoms with E-state index < -0.39 is 5.66 Å². The fourth-order valence-corrected chi connectivity index (χ4v) is 1.19. The first-order chi connectivity index (χ1) is 4.52. The van der Waals surface area contributed by atoms with Crippen molar-refractivity contribution in [2.75, 3.05) is 0 Å². The Morgan fingerprint density at radius 3 is 1.92 bits per heavy atom. The van der Waals surface area contributed by atoms with E-state index in [1.54, 1.807) is 0 Å². The lowest BCUT2D eigenvalue weighted by atomic mass is 9.84. The van der Waals surface area contributed by atoms with E-state index in [4.69, 9.17) is 11.5 Å². The van der Waals surface area contributed by atoms with Crippen molar-refractivity contribution in [1.29, 1.82) is 0 Å². The summed E-state index contributed by atoms with van der Waals surface area (Å²) >= 11 is 0. The van der Waals surface area contributed by atoms with Gasteiger partial charge in [-0.25, -0.2) is 0 Å². The number of nitrogens with two attached hydrogens (primary N) is 2. The van der Waals surface area contributed by atoms with Crippen molar-refractivity contribution in [3.8, 4) is 0 Å². The van der Waals surface area contributed by atoms with Gasteiger partial charge in [0, 0.05) is 6.42 Å². The molecule has 0 bridgehead atoms. The van der Waals surface area contributed by atoms with E-state index >= 15 is 0 Å². The van der Waals surface area contributed by atoms with E-state index in [2.05, 4.69) is 13.2 Å². The molecule has 4 nitrogen and oxygen atoms in total. The van der Waals surface area contributed by atoms with Gasteiger partial charge >= 0.3 is 0 Å². The fourth-order valence-electron chi connectivity index (χ4n) is 1.19. The molecule has 4 heteroatoms. The van der Waals surface area contributed by atoms with Gasteiger partial charge in [0.25, 0.3) is 0 Å². The van der Waals surface area contributed by atoms with Gasteiger partial charge in [-0.1, -0.05) is 18.7 Å². The molecular weight excluding hydrogens is 152 g/mol. The van der Waals surface area contributed by atoms with Gasteiger partial charge in [0.15, 0.2) is 0 Å². The summed E-state index contributed by atoms with van der Waals surface area (Å²) in [5, 5.41) is 0. The average Bonchev–Trinajstić information content (AvgIpc) is 1.78. The Labute approximate surface area is 73.9 Å². The zero-order valence-electron chi connectivity index (χ0n) is 7.60. The average molecular weight is 172 g/mol. The molecule has 1 rings (SSSR count). The molecule has 72 valence electrons. The number of rotatable bonds is 0. The lowest BCUT2D eigenvalue weighted by molar-refractivity contribution is 0.460. The van der Waals surface area contributed by atoms with Crippen LogP contribution in [0, 0.1) is 0 Å². The predicted molar refractivity (Wildman–Crippen MR) is 53.3 cm³/mol. The summed E-state index contributed by atoms with van der Waals surface area (Å²) < 4.78 is 0. The van der Waals surface area contributed by atoms with Gasteiger partial charge in [-0.2, -0.15) is 0 Å². The van der Waals surface area contributed by atoms with Crippen LogP contribution in [0.2, 0.25) is 0 Å². The third-order valence-corrected chi connectivity index (χ3v) is 1.98. The number of hydrogen-bond donors (Lipinski definition) is 4. The summed E-state index contributed by atoms with van der Waals surface area (Å²) in [6.45, 7) is 7.65. The maximum atomic E-state index is 5.73. The minimum Gasteiger partial charge on any atom is -0.344 e. The summed E-state index contributed by atoms with van der Waals surface area (Å²) in [7, 11) is 0. The van der Waals surface area contributed by atoms with Crippen LogP contribution in [0.25, 0.3) is 0 Å². The Balaban J connectivity index is 0. The van der Waals surface area contributed by atoms with E-state index in [0.29, 0.717) is 6.42 Å². The molecule has 0 spiro atoms. The third-order valence-electron chi connectivity index (χ3n) is 1.98. The highest BCUT2D eigenvalue weighted by molar-refractivity contribution is 5.23. The monoisotopic (exact) mass is 172 g/mol. The Morgan fingerprint density at radius 1 is 1.08 bits per heavy atom. The van der Waals surface area contributed by atoms with Gasteiger partial charge < -0.3 is 23.8 Å². The van der Waals surface area contributed by atoms with Crippen LogP contribution in [0.1, 0.15) is 19.3 Å². The van der Waals surface area contributed by atoms with Crippen LogP contribution in [-0.4, -0.2) is 5.66 Å². The standard InChI is InChI=1S/C8H14N2.2H3N/c1-6-3-4-7(2)8(9,10)5-6;;/h1-5,9-10H2;2*1H3. The molecule has 0 heterocycles. The van der Waals surface area contributed by atoms with Crippen molar-refractivity contribution in [2.24, 2.45) is 11.5 Å². The first-order valence-corrected chi connectivity index (χ1v) is 3.45. The minimum absolute atomic E-state index is 0. The quantitative estimate of drug-likeness (QED) is 0.324. The van der Waals surface area contributed by atoms with Crippen LogP contribution in [-0.2, 0) is 0 Å². The first kappa shape index (κ1) is 13.9. The molecule has 0 saturated heterocycles. The van der Waals surface area contributed by atoms with Crippen molar-refractivity contribution in [1.82, 2.24) is 12.3 Å². The summed E-state index contributed by atoms with van der Waals surface area (Å²) in [4.78, 5) is 0. The molecule has 12 heavy (non-hydrogen) atoms. The molecule has 1 fully saturated rings. The molecule has 0 aromatic heterocycles. The highest BCUT2D eigenvalue weighted by Crippen LogP contribution is 2.28. The van der Waals surface area contributed by atoms with E-state index in [0.717, 1.165) is 24.0 Å². The molecule has 0 unspecified atom stereocenters. The van der Waals surface area contributed by atoms with Crippen LogP contribution < -0.4 is 23.8 Å². The maximum Gasteiger partial charge on any atom is 0.0893 e. The summed E-state index contributed by atoms with van der Waals surface area (Å²) in [5.41, 5.74) is 12.9. The van der Waals surface area contributed by atoms with Crippen molar-refractivity contribution in [2.45, 2.75) is 24.9 Å². The third kappa shape index (κ3) is 2.75. The van der Waals surface area contributed by atoms with Gasteiger partial charge in [0.2, 0.25) is 0 Å². The molecule has 0 aliphatic heterocycles. The molecule has 0 amide bonds. The Bertz CT molecular complexity index is 183. The van der Waals surface area contributed by atoms with Crippen LogP contribution in [0.3, 0.4) is 0 Å². The second-order valence-corrected chi connectivity index (χ2v) is 3.07. The topological polar surface area (TPSA) is 122 Å². The Kier molecular flexibility index (Phi) is 5.06. The Hall–Kier alpha value is -0.680. The SMILES string of the molecule is C=C1CCC(=C)C(N)(N)C1.N.N. The summed E-state index contributed by atoms with van der Waals surface area (Å²) in [6.07, 6.45) is 2.58. The Morgan fingerprint density at radius 2 is 1.58 bits per heavy atom. The van der Waals surface area contributed by atoms with E-state index in [-0.39, 0.29) is 12.3 Å². The fraction of sp³-hybridized carbons (Fsp3) is 0.500. The summed E-state index contributed by atoms with van der Waals surface area (Å²) in [6, 6.07) is 0. The molecule has 1 aliphatic rings. The lowest BCUT2D eigenvalue weighted by Crippen LogP contribution is -2.52. The van der Waals surface area contributed by atoms with E-state index in [9.17, 15) is 0 Å². The van der Waals surface area contributed by atoms with Gasteiger partial charge in [-0.05, 0) is 18.4 Å². The van der Waals surface area contributed by atoms with Gasteiger partial charge in [0.1, 0.15) is 0 Å². The molecule has 1 aliphatic carbocycles. The van der Waals surface area contributed by atoms with Crippen LogP contribution in [0.4, 0.5) is 0 Å². The highest BCUT2D eigenvalue weighted by Gasteiger charge is 2.27. The van der Waals surface area contributed by atoms with Gasteiger partial charge in [-0.3, -0.25) is 0 Å². The largest absolute Gasteiger partial charge is 0.344 e. The maximum absolute atomic E-state index is 5.73. The van der Waals surface area contributed by atoms with Crippen molar-refractivity contribution in [3.05, 3.63) is 24.3 Å². The van der Waals surface area contributed by atoms with Crippen molar-refractivity contribution in [3.63, 3.8) is 0 Å². The normalized spacial score (nSPS) is 20.8. The molecule has 0 aromatic carbocycles. The van der Waals surface area contributed by atoms with Crippen LogP contribution >= 0.6 is 0 Å². The van der Waals surface area contributed by atoms with Crippen molar-refractivity contribution >= 4 is 0 Å². The smallest absolute Gasteiger partial charge is 0.0893 e. The zero-order chi connectivity index (χ0) is 7.78. The van der Waals surface area contributed by atoms with Crippen LogP contribution in [0.5, 0.6) is 0 Å². The van der Waals surface area contributed by atoms with E-state index in [1.165, 1.54) is 0 Å². The molecule has 0 radical (unpaired) electrons. The highest BCUT2D eigenvalue weighted by atomic mass is 15.0. The molecule has 10 N–H and O–H groups in total. The summed E-state index contributed by atoms with van der Waals surface area (Å²) in [5.74, 6) is 0. The second kappa shape index (κ2) is 4.37. The molecular formula is C8H20N4. The lowest BCUT2D eigenvalue weighted by Gasteiger charge is -2.32. The van der Waals surface area contributed by atoms with E-state index in [1.807, 2.05) is 0 Å². The zero-order valence-corrected chi connectivity index (χ0v) is 7.60. The van der Waals surface area contributed by atoms with Gasteiger partial charge in [0.05, 0.1) is 5.66 Å². The molecule has 0 aromatic rings. The van der Waals surface area contributed by atoms with Crippen molar-refractivity contribution < 1.29 is 0 Å². The first-order valence-electron chi connectivity index (χ1n) is 3.45. The van der Waals surface area contributed by atoms with Crippen LogP contribution in [0.15, 0.2) is 24.3 Å². The molecule has 0 atom stereocenters. The molecule has 1 saturated carbocycles. The minimum atomic E-state index is -0.685.